The Bertz CT molecular complexity index is 782. The molecular formula is C23H34N4O4. The van der Waals surface area contributed by atoms with Crippen molar-refractivity contribution < 1.29 is 18.8 Å². The van der Waals surface area contributed by atoms with Gasteiger partial charge in [0, 0.05) is 13.1 Å². The number of carbonyl (C=O) groups excluding carboxylic acids is 3. The highest BCUT2D eigenvalue weighted by Gasteiger charge is 2.55. The zero-order chi connectivity index (χ0) is 21.8. The second-order valence-electron chi connectivity index (χ2n) is 9.11. The summed E-state index contributed by atoms with van der Waals surface area (Å²) in [7, 11) is 0. The zero-order valence-corrected chi connectivity index (χ0v) is 18.5. The standard InChI is InChI=1S/C23H34N4O4/c1-2-10-23(21(29)27(22(30)24-23)16-19-7-6-15-31-19)18-8-13-26(14-9-18)20(28)17-25-11-4-3-5-12-25/h6-7,15,18H,2-5,8-14,16-17H2,1H3,(H,24,30). The van der Waals surface area contributed by atoms with E-state index in [1.807, 2.05) is 11.8 Å². The van der Waals surface area contributed by atoms with E-state index in [0.29, 0.717) is 31.8 Å². The Labute approximate surface area is 183 Å². The van der Waals surface area contributed by atoms with Gasteiger partial charge in [0.1, 0.15) is 11.3 Å². The second kappa shape index (κ2) is 9.42. The number of hydrogen-bond donors (Lipinski definition) is 1. The van der Waals surface area contributed by atoms with Crippen LogP contribution >= 0.6 is 0 Å². The molecular weight excluding hydrogens is 396 g/mol. The molecule has 1 aromatic rings. The predicted octanol–water partition coefficient (Wildman–Crippen LogP) is 2.59. The summed E-state index contributed by atoms with van der Waals surface area (Å²) in [6, 6.07) is 3.18. The summed E-state index contributed by atoms with van der Waals surface area (Å²) < 4.78 is 5.35. The first-order valence-corrected chi connectivity index (χ1v) is 11.7. The molecule has 1 aromatic heterocycles. The summed E-state index contributed by atoms with van der Waals surface area (Å²) in [4.78, 5) is 44.4. The van der Waals surface area contributed by atoms with Crippen molar-refractivity contribution in [1.29, 1.82) is 0 Å². The quantitative estimate of drug-likeness (QED) is 0.672. The van der Waals surface area contributed by atoms with E-state index in [9.17, 15) is 14.4 Å². The fraction of sp³-hybridized carbons (Fsp3) is 0.696. The highest BCUT2D eigenvalue weighted by atomic mass is 16.3. The van der Waals surface area contributed by atoms with Gasteiger partial charge in [-0.25, -0.2) is 4.79 Å². The highest BCUT2D eigenvalue weighted by Crippen LogP contribution is 2.37. The van der Waals surface area contributed by atoms with Crippen molar-refractivity contribution in [2.24, 2.45) is 5.92 Å². The van der Waals surface area contributed by atoms with Crippen LogP contribution in [-0.4, -0.2) is 70.8 Å². The molecule has 0 bridgehead atoms. The van der Waals surface area contributed by atoms with Gasteiger partial charge in [0.25, 0.3) is 5.91 Å². The molecule has 3 fully saturated rings. The number of hydrogen-bond acceptors (Lipinski definition) is 5. The van der Waals surface area contributed by atoms with E-state index in [1.54, 1.807) is 18.4 Å². The van der Waals surface area contributed by atoms with Crippen LogP contribution in [0.25, 0.3) is 0 Å². The fourth-order valence-corrected chi connectivity index (χ4v) is 5.42. The fourth-order valence-electron chi connectivity index (χ4n) is 5.42. The number of imide groups is 1. The van der Waals surface area contributed by atoms with Gasteiger partial charge < -0.3 is 14.6 Å². The molecule has 0 saturated carbocycles. The maximum absolute atomic E-state index is 13.4. The normalized spacial score (nSPS) is 25.8. The van der Waals surface area contributed by atoms with Gasteiger partial charge in [0.05, 0.1) is 19.4 Å². The van der Waals surface area contributed by atoms with Crippen molar-refractivity contribution in [3.8, 4) is 0 Å². The van der Waals surface area contributed by atoms with Crippen LogP contribution in [0.4, 0.5) is 4.79 Å². The molecule has 1 unspecified atom stereocenters. The minimum Gasteiger partial charge on any atom is -0.467 e. The maximum Gasteiger partial charge on any atom is 0.325 e. The lowest BCUT2D eigenvalue weighted by molar-refractivity contribution is -0.137. The van der Waals surface area contributed by atoms with Gasteiger partial charge >= 0.3 is 6.03 Å². The number of piperidine rings is 2. The van der Waals surface area contributed by atoms with Crippen LogP contribution in [0.5, 0.6) is 0 Å². The number of furan rings is 1. The molecule has 3 saturated heterocycles. The predicted molar refractivity (Wildman–Crippen MR) is 115 cm³/mol. The first kappa shape index (κ1) is 21.9. The molecule has 1 atom stereocenters. The third-order valence-electron chi connectivity index (χ3n) is 7.09. The van der Waals surface area contributed by atoms with Crippen LogP contribution in [0.15, 0.2) is 22.8 Å². The zero-order valence-electron chi connectivity index (χ0n) is 18.5. The van der Waals surface area contributed by atoms with Crippen molar-refractivity contribution >= 4 is 17.8 Å². The van der Waals surface area contributed by atoms with Gasteiger partial charge in [-0.3, -0.25) is 19.4 Å². The minimum absolute atomic E-state index is 0.0320. The van der Waals surface area contributed by atoms with Crippen molar-refractivity contribution in [2.75, 3.05) is 32.7 Å². The number of carbonyl (C=O) groups is 3. The third kappa shape index (κ3) is 4.49. The minimum atomic E-state index is -0.875. The summed E-state index contributed by atoms with van der Waals surface area (Å²) in [6.07, 6.45) is 8.01. The first-order chi connectivity index (χ1) is 15.0. The Kier molecular flexibility index (Phi) is 6.65. The maximum atomic E-state index is 13.4. The van der Waals surface area contributed by atoms with E-state index in [0.717, 1.165) is 32.4 Å². The Morgan fingerprint density at radius 2 is 1.90 bits per heavy atom. The number of nitrogens with zero attached hydrogens (tertiary/aromatic N) is 3. The summed E-state index contributed by atoms with van der Waals surface area (Å²) in [5.41, 5.74) is -0.875. The van der Waals surface area contributed by atoms with Gasteiger partial charge in [0.2, 0.25) is 5.91 Å². The third-order valence-corrected chi connectivity index (χ3v) is 7.09. The second-order valence-corrected chi connectivity index (χ2v) is 9.11. The molecule has 8 nitrogen and oxygen atoms in total. The average molecular weight is 431 g/mol. The van der Waals surface area contributed by atoms with Crippen LogP contribution in [0.2, 0.25) is 0 Å². The van der Waals surface area contributed by atoms with Gasteiger partial charge in [-0.15, -0.1) is 0 Å². The van der Waals surface area contributed by atoms with Crippen LogP contribution in [0, 0.1) is 5.92 Å². The van der Waals surface area contributed by atoms with E-state index >= 15 is 0 Å². The summed E-state index contributed by atoms with van der Waals surface area (Å²) >= 11 is 0. The van der Waals surface area contributed by atoms with Crippen LogP contribution < -0.4 is 5.32 Å². The van der Waals surface area contributed by atoms with Crippen molar-refractivity contribution in [1.82, 2.24) is 20.0 Å². The smallest absolute Gasteiger partial charge is 0.325 e. The molecule has 0 radical (unpaired) electrons. The number of likely N-dealkylation sites (tertiary alicyclic amines) is 2. The number of nitrogens with one attached hydrogen (secondary N) is 1. The monoisotopic (exact) mass is 430 g/mol. The number of amides is 4. The van der Waals surface area contributed by atoms with Crippen molar-refractivity contribution in [2.45, 2.75) is 64.0 Å². The molecule has 4 amide bonds. The van der Waals surface area contributed by atoms with Gasteiger partial charge in [-0.05, 0) is 63.2 Å². The SMILES string of the molecule is CCCC1(C2CCN(C(=O)CN3CCCCC3)CC2)NC(=O)N(Cc2ccco2)C1=O. The molecule has 4 heterocycles. The lowest BCUT2D eigenvalue weighted by atomic mass is 9.74. The largest absolute Gasteiger partial charge is 0.467 e. The van der Waals surface area contributed by atoms with Crippen molar-refractivity contribution in [3.05, 3.63) is 24.2 Å². The molecule has 0 aromatic carbocycles. The van der Waals surface area contributed by atoms with Gasteiger partial charge in [-0.1, -0.05) is 19.8 Å². The Morgan fingerprint density at radius 1 is 1.16 bits per heavy atom. The molecule has 1 N–H and O–H groups in total. The number of rotatable bonds is 7. The van der Waals surface area contributed by atoms with Gasteiger partial charge in [-0.2, -0.15) is 0 Å². The van der Waals surface area contributed by atoms with E-state index in [4.69, 9.17) is 4.42 Å². The Hall–Kier alpha value is -2.35. The summed E-state index contributed by atoms with van der Waals surface area (Å²) in [6.45, 7) is 5.98. The first-order valence-electron chi connectivity index (χ1n) is 11.7. The van der Waals surface area contributed by atoms with E-state index in [-0.39, 0.29) is 30.3 Å². The molecule has 31 heavy (non-hydrogen) atoms. The van der Waals surface area contributed by atoms with Gasteiger partial charge in [0.15, 0.2) is 0 Å². The van der Waals surface area contributed by atoms with Crippen LogP contribution in [0.1, 0.15) is 57.6 Å². The molecule has 170 valence electrons. The molecule has 3 aliphatic rings. The van der Waals surface area contributed by atoms with E-state index in [1.165, 1.54) is 24.2 Å². The molecule has 0 spiro atoms. The Morgan fingerprint density at radius 3 is 2.55 bits per heavy atom. The average Bonchev–Trinajstić information content (AvgIpc) is 3.38. The van der Waals surface area contributed by atoms with Crippen LogP contribution in [0.3, 0.4) is 0 Å². The summed E-state index contributed by atoms with van der Waals surface area (Å²) in [5.74, 6) is 0.651. The summed E-state index contributed by atoms with van der Waals surface area (Å²) in [5, 5.41) is 3.04. The molecule has 8 heteroatoms. The topological polar surface area (TPSA) is 86.1 Å². The van der Waals surface area contributed by atoms with E-state index < -0.39 is 5.54 Å². The lowest BCUT2D eigenvalue weighted by Crippen LogP contribution is -2.57. The Balaban J connectivity index is 1.39. The number of urea groups is 1. The molecule has 0 aliphatic carbocycles. The lowest BCUT2D eigenvalue weighted by Gasteiger charge is -2.41. The molecule has 3 aliphatic heterocycles. The van der Waals surface area contributed by atoms with Crippen molar-refractivity contribution in [3.63, 3.8) is 0 Å². The highest BCUT2D eigenvalue weighted by molar-refractivity contribution is 6.07. The van der Waals surface area contributed by atoms with E-state index in [2.05, 4.69) is 10.2 Å². The van der Waals surface area contributed by atoms with Crippen LogP contribution in [-0.2, 0) is 16.1 Å². The molecule has 4 rings (SSSR count).